The van der Waals surface area contributed by atoms with E-state index in [0.717, 1.165) is 16.6 Å². The summed E-state index contributed by atoms with van der Waals surface area (Å²) in [5.41, 5.74) is 1.80. The number of rotatable bonds is 5. The molecule has 0 aliphatic rings. The zero-order valence-corrected chi connectivity index (χ0v) is 11.6. The fourth-order valence-electron chi connectivity index (χ4n) is 1.72. The highest BCUT2D eigenvalue weighted by atomic mass is 35.5. The average molecular weight is 298 g/mol. The van der Waals surface area contributed by atoms with Crippen LogP contribution in [0.25, 0.3) is 10.9 Å². The van der Waals surface area contributed by atoms with Crippen molar-refractivity contribution in [3.8, 4) is 0 Å². The summed E-state index contributed by atoms with van der Waals surface area (Å²) in [6, 6.07) is 7.45. The quantitative estimate of drug-likeness (QED) is 0.659. The molecule has 0 fully saturated rings. The number of hydrogen-bond acceptors (Lipinski definition) is 3. The number of halogens is 2. The van der Waals surface area contributed by atoms with Gasteiger partial charge in [-0.05, 0) is 24.3 Å². The van der Waals surface area contributed by atoms with Gasteiger partial charge in [0.1, 0.15) is 5.88 Å². The Balaban J connectivity index is 2.02. The molecule has 4 nitrogen and oxygen atoms in total. The van der Waals surface area contributed by atoms with Crippen LogP contribution < -0.4 is 10.6 Å². The van der Waals surface area contributed by atoms with E-state index in [1.54, 1.807) is 6.20 Å². The Kier molecular flexibility index (Phi) is 4.82. The zero-order valence-electron chi connectivity index (χ0n) is 10.1. The molecule has 0 unspecified atom stereocenters. The van der Waals surface area contributed by atoms with E-state index in [2.05, 4.69) is 15.6 Å². The zero-order chi connectivity index (χ0) is 13.7. The van der Waals surface area contributed by atoms with Gasteiger partial charge in [-0.25, -0.2) is 0 Å². The fraction of sp³-hybridized carbons (Fsp3) is 0.231. The van der Waals surface area contributed by atoms with Crippen molar-refractivity contribution in [2.24, 2.45) is 0 Å². The van der Waals surface area contributed by atoms with Crippen molar-refractivity contribution in [1.82, 2.24) is 10.3 Å². The number of nitrogens with one attached hydrogen (secondary N) is 2. The molecule has 1 aromatic carbocycles. The number of carbonyl (C=O) groups is 1. The minimum absolute atomic E-state index is 0.0172. The maximum Gasteiger partial charge on any atom is 0.234 e. The Hall–Kier alpha value is -1.52. The highest BCUT2D eigenvalue weighted by Crippen LogP contribution is 2.23. The van der Waals surface area contributed by atoms with Crippen LogP contribution in [-0.2, 0) is 4.79 Å². The van der Waals surface area contributed by atoms with Crippen LogP contribution in [0.3, 0.4) is 0 Å². The van der Waals surface area contributed by atoms with Gasteiger partial charge in [0.25, 0.3) is 0 Å². The Morgan fingerprint density at radius 3 is 2.89 bits per heavy atom. The maximum absolute atomic E-state index is 11.0. The lowest BCUT2D eigenvalue weighted by Crippen LogP contribution is -2.29. The molecule has 6 heteroatoms. The normalized spacial score (nSPS) is 10.4. The first-order chi connectivity index (χ1) is 9.20. The number of amides is 1. The van der Waals surface area contributed by atoms with Gasteiger partial charge in [-0.1, -0.05) is 11.6 Å². The molecule has 2 aromatic rings. The predicted molar refractivity (Wildman–Crippen MR) is 79.0 cm³/mol. The maximum atomic E-state index is 11.0. The van der Waals surface area contributed by atoms with Gasteiger partial charge in [0.2, 0.25) is 5.91 Å². The summed E-state index contributed by atoms with van der Waals surface area (Å²) < 4.78 is 0. The SMILES string of the molecule is O=C(CCl)NCCNc1ccnc2cc(Cl)ccc12. The van der Waals surface area contributed by atoms with E-state index in [9.17, 15) is 4.79 Å². The van der Waals surface area contributed by atoms with Crippen LogP contribution in [0.5, 0.6) is 0 Å². The van der Waals surface area contributed by atoms with Gasteiger partial charge in [-0.3, -0.25) is 9.78 Å². The molecule has 0 aliphatic heterocycles. The summed E-state index contributed by atoms with van der Waals surface area (Å²) >= 11 is 11.3. The molecular weight excluding hydrogens is 285 g/mol. The van der Waals surface area contributed by atoms with Crippen molar-refractivity contribution >= 4 is 45.7 Å². The summed E-state index contributed by atoms with van der Waals surface area (Å²) in [6.07, 6.45) is 1.72. The van der Waals surface area contributed by atoms with Gasteiger partial charge in [0.05, 0.1) is 5.52 Å². The van der Waals surface area contributed by atoms with Crippen molar-refractivity contribution in [3.63, 3.8) is 0 Å². The van der Waals surface area contributed by atoms with Crippen LogP contribution in [0.1, 0.15) is 0 Å². The van der Waals surface area contributed by atoms with Gasteiger partial charge in [-0.15, -0.1) is 11.6 Å². The van der Waals surface area contributed by atoms with Crippen LogP contribution in [0.15, 0.2) is 30.5 Å². The van der Waals surface area contributed by atoms with Gasteiger partial charge >= 0.3 is 0 Å². The predicted octanol–water partition coefficient (Wildman–Crippen LogP) is 2.66. The Bertz CT molecular complexity index is 589. The van der Waals surface area contributed by atoms with Crippen molar-refractivity contribution in [1.29, 1.82) is 0 Å². The molecule has 0 saturated carbocycles. The molecule has 1 heterocycles. The standard InChI is InChI=1S/C13H13Cl2N3O/c14-8-13(19)18-6-5-17-11-3-4-16-12-7-9(15)1-2-10(11)12/h1-4,7H,5-6,8H2,(H,16,17)(H,18,19). The second-order valence-corrected chi connectivity index (χ2v) is 4.63. The number of benzene rings is 1. The lowest BCUT2D eigenvalue weighted by Gasteiger charge is -2.10. The van der Waals surface area contributed by atoms with Gasteiger partial charge in [0, 0.05) is 35.4 Å². The van der Waals surface area contributed by atoms with E-state index in [0.29, 0.717) is 18.1 Å². The third kappa shape index (κ3) is 3.72. The van der Waals surface area contributed by atoms with E-state index < -0.39 is 0 Å². The number of aromatic nitrogens is 1. The molecule has 100 valence electrons. The molecule has 0 saturated heterocycles. The Morgan fingerprint density at radius 2 is 2.11 bits per heavy atom. The van der Waals surface area contributed by atoms with Crippen LogP contribution in [0, 0.1) is 0 Å². The highest BCUT2D eigenvalue weighted by molar-refractivity contribution is 6.31. The van der Waals surface area contributed by atoms with Gasteiger partial charge in [0.15, 0.2) is 0 Å². The number of nitrogens with zero attached hydrogens (tertiary/aromatic N) is 1. The van der Waals surface area contributed by atoms with Gasteiger partial charge in [-0.2, -0.15) is 0 Å². The monoisotopic (exact) mass is 297 g/mol. The highest BCUT2D eigenvalue weighted by Gasteiger charge is 2.02. The summed E-state index contributed by atoms with van der Waals surface area (Å²) in [5, 5.41) is 7.59. The van der Waals surface area contributed by atoms with Crippen molar-refractivity contribution in [2.75, 3.05) is 24.3 Å². The molecule has 0 aliphatic carbocycles. The Morgan fingerprint density at radius 1 is 1.26 bits per heavy atom. The topological polar surface area (TPSA) is 54.0 Å². The second kappa shape index (κ2) is 6.59. The van der Waals surface area contributed by atoms with E-state index in [1.165, 1.54) is 0 Å². The van der Waals surface area contributed by atoms with Crippen LogP contribution in [0.2, 0.25) is 5.02 Å². The summed E-state index contributed by atoms with van der Waals surface area (Å²) in [6.45, 7) is 1.13. The number of carbonyl (C=O) groups excluding carboxylic acids is 1. The van der Waals surface area contributed by atoms with Gasteiger partial charge < -0.3 is 10.6 Å². The van der Waals surface area contributed by atoms with Crippen LogP contribution in [0.4, 0.5) is 5.69 Å². The first-order valence-corrected chi connectivity index (χ1v) is 6.73. The average Bonchev–Trinajstić information content (AvgIpc) is 2.42. The summed E-state index contributed by atoms with van der Waals surface area (Å²) in [4.78, 5) is 15.2. The summed E-state index contributed by atoms with van der Waals surface area (Å²) in [7, 11) is 0. The molecule has 1 amide bonds. The smallest absolute Gasteiger partial charge is 0.234 e. The molecule has 19 heavy (non-hydrogen) atoms. The second-order valence-electron chi connectivity index (χ2n) is 3.93. The lowest BCUT2D eigenvalue weighted by atomic mass is 10.2. The largest absolute Gasteiger partial charge is 0.383 e. The molecule has 1 aromatic heterocycles. The van der Waals surface area contributed by atoms with Crippen LogP contribution in [-0.4, -0.2) is 29.9 Å². The number of alkyl halides is 1. The van der Waals surface area contributed by atoms with E-state index >= 15 is 0 Å². The molecule has 2 N–H and O–H groups in total. The van der Waals surface area contributed by atoms with E-state index in [4.69, 9.17) is 23.2 Å². The molecule has 0 atom stereocenters. The van der Waals surface area contributed by atoms with Crippen molar-refractivity contribution in [3.05, 3.63) is 35.5 Å². The minimum atomic E-state index is -0.171. The van der Waals surface area contributed by atoms with E-state index in [1.807, 2.05) is 24.3 Å². The first kappa shape index (κ1) is 13.9. The minimum Gasteiger partial charge on any atom is -0.383 e. The number of anilines is 1. The number of fused-ring (bicyclic) bond motifs is 1. The number of hydrogen-bond donors (Lipinski definition) is 2. The van der Waals surface area contributed by atoms with E-state index in [-0.39, 0.29) is 11.8 Å². The molecule has 2 rings (SSSR count). The molecule has 0 radical (unpaired) electrons. The summed E-state index contributed by atoms with van der Waals surface area (Å²) in [5.74, 6) is -0.189. The Labute approximate surface area is 121 Å². The number of pyridine rings is 1. The third-order valence-electron chi connectivity index (χ3n) is 2.59. The molecule has 0 spiro atoms. The molecular formula is C13H13Cl2N3O. The lowest BCUT2D eigenvalue weighted by molar-refractivity contribution is -0.118. The fourth-order valence-corrected chi connectivity index (χ4v) is 1.98. The third-order valence-corrected chi connectivity index (χ3v) is 3.07. The first-order valence-electron chi connectivity index (χ1n) is 5.81. The van der Waals surface area contributed by atoms with Crippen LogP contribution >= 0.6 is 23.2 Å². The van der Waals surface area contributed by atoms with Crippen molar-refractivity contribution < 1.29 is 4.79 Å². The molecule has 0 bridgehead atoms. The van der Waals surface area contributed by atoms with Crippen molar-refractivity contribution in [2.45, 2.75) is 0 Å².